The third-order valence-electron chi connectivity index (χ3n) is 6.46. The number of nitrogens with zero attached hydrogens (tertiary/aromatic N) is 2. The van der Waals surface area contributed by atoms with Gasteiger partial charge in [-0.15, -0.1) is 11.8 Å². The molecule has 0 saturated carbocycles. The van der Waals surface area contributed by atoms with Crippen LogP contribution in [0.25, 0.3) is 0 Å². The Balaban J connectivity index is 1.39. The van der Waals surface area contributed by atoms with Crippen LogP contribution in [-0.2, 0) is 29.0 Å². The fourth-order valence-electron chi connectivity index (χ4n) is 4.76. The summed E-state index contributed by atoms with van der Waals surface area (Å²) >= 11 is 7.26. The maximum atomic E-state index is 12.9. The van der Waals surface area contributed by atoms with Crippen LogP contribution in [0.1, 0.15) is 23.6 Å². The van der Waals surface area contributed by atoms with Crippen LogP contribution in [0.4, 0.5) is 5.69 Å². The molecule has 0 bridgehead atoms. The lowest BCUT2D eigenvalue weighted by atomic mass is 9.91. The van der Waals surface area contributed by atoms with Crippen molar-refractivity contribution in [3.05, 3.63) is 85.9 Å². The number of allylic oxidation sites excluding steroid dienone is 1. The number of benzene rings is 2. The van der Waals surface area contributed by atoms with E-state index >= 15 is 0 Å². The number of β-lactam (4-membered cyclic amide) rings is 1. The lowest BCUT2D eigenvalue weighted by Crippen LogP contribution is -2.60. The van der Waals surface area contributed by atoms with Gasteiger partial charge in [0.25, 0.3) is 5.69 Å². The van der Waals surface area contributed by atoms with Gasteiger partial charge in [0, 0.05) is 23.0 Å². The lowest BCUT2D eigenvalue weighted by molar-refractivity contribution is -0.384. The maximum absolute atomic E-state index is 12.9. The molecule has 5 rings (SSSR count). The molecule has 0 spiro atoms. The molecule has 170 valence electrons. The Kier molecular flexibility index (Phi) is 5.72. The number of non-ortho nitro benzene ring substituents is 1. The van der Waals surface area contributed by atoms with Gasteiger partial charge in [-0.1, -0.05) is 24.3 Å². The average molecular weight is 483 g/mol. The summed E-state index contributed by atoms with van der Waals surface area (Å²) in [5.74, 6) is -0.385. The molecule has 0 aromatic heterocycles. The molecule has 0 radical (unpaired) electrons. The minimum Gasteiger partial charge on any atom is -0.477 e. The Hall–Kier alpha value is -2.75. The van der Waals surface area contributed by atoms with E-state index < -0.39 is 16.9 Å². The molecule has 0 unspecified atom stereocenters. The molecule has 9 heteroatoms. The molecular weight excluding hydrogens is 460 g/mol. The number of rotatable bonds is 6. The molecular formula is C24H22N2O5S2. The number of aliphatic hydroxyl groups is 1. The molecule has 1 saturated heterocycles. The molecule has 1 N–H and O–H groups in total. The van der Waals surface area contributed by atoms with Crippen LogP contribution in [0, 0.1) is 22.0 Å². The standard InChI is InChI=1S/C24H22N2O5S2/c1-13(27)19-22(28)25-20(24(32)31-12-14-6-8-18(9-7-14)26(29)30)21(33-23(19)25)17-10-15-4-2-3-5-16(15)11-17/h2-9,13,17,19,23,27H,10-12H2,1H3/t13-,19+,23+/m0/s1. The van der Waals surface area contributed by atoms with Crippen molar-refractivity contribution >= 4 is 40.6 Å². The first-order valence-corrected chi connectivity index (χ1v) is 12.0. The van der Waals surface area contributed by atoms with Crippen molar-refractivity contribution in [2.24, 2.45) is 11.8 Å². The summed E-state index contributed by atoms with van der Waals surface area (Å²) in [5.41, 5.74) is 4.01. The highest BCUT2D eigenvalue weighted by Gasteiger charge is 2.58. The number of ether oxygens (including phenoxy) is 1. The summed E-state index contributed by atoms with van der Waals surface area (Å²) in [6, 6.07) is 14.5. The third kappa shape index (κ3) is 3.84. The van der Waals surface area contributed by atoms with E-state index in [9.17, 15) is 20.0 Å². The van der Waals surface area contributed by atoms with Gasteiger partial charge in [-0.25, -0.2) is 0 Å². The molecule has 2 aliphatic heterocycles. The van der Waals surface area contributed by atoms with Crippen LogP contribution in [0.5, 0.6) is 0 Å². The van der Waals surface area contributed by atoms with E-state index in [1.165, 1.54) is 23.3 Å². The molecule has 1 aliphatic carbocycles. The summed E-state index contributed by atoms with van der Waals surface area (Å²) < 4.78 is 5.91. The Labute approximate surface area is 200 Å². The predicted molar refractivity (Wildman–Crippen MR) is 128 cm³/mol. The number of aliphatic hydroxyl groups excluding tert-OH is 1. The summed E-state index contributed by atoms with van der Waals surface area (Å²) in [4.78, 5) is 26.0. The van der Waals surface area contributed by atoms with Crippen LogP contribution < -0.4 is 0 Å². The van der Waals surface area contributed by atoms with Gasteiger partial charge in [0.2, 0.25) is 11.0 Å². The number of carbonyl (C=O) groups is 1. The number of amides is 1. The van der Waals surface area contributed by atoms with Crippen molar-refractivity contribution in [1.82, 2.24) is 4.90 Å². The topological polar surface area (TPSA) is 92.9 Å². The largest absolute Gasteiger partial charge is 0.477 e. The number of thiocarbonyl (C=S) groups is 1. The summed E-state index contributed by atoms with van der Waals surface area (Å²) in [7, 11) is 0. The van der Waals surface area contributed by atoms with E-state index in [1.54, 1.807) is 35.7 Å². The first kappa shape index (κ1) is 22.1. The average Bonchev–Trinajstić information content (AvgIpc) is 3.36. The summed E-state index contributed by atoms with van der Waals surface area (Å²) in [5, 5.41) is 21.1. The predicted octanol–water partition coefficient (Wildman–Crippen LogP) is 3.98. The molecule has 3 atom stereocenters. The summed E-state index contributed by atoms with van der Waals surface area (Å²) in [6.07, 6.45) is 1.02. The highest BCUT2D eigenvalue weighted by molar-refractivity contribution is 8.04. The number of nitro groups is 1. The highest BCUT2D eigenvalue weighted by Crippen LogP contribution is 2.54. The van der Waals surface area contributed by atoms with Crippen LogP contribution >= 0.6 is 24.0 Å². The normalized spacial score (nSPS) is 22.6. The van der Waals surface area contributed by atoms with Gasteiger partial charge in [0.05, 0.1) is 16.9 Å². The molecule has 1 fully saturated rings. The smallest absolute Gasteiger partial charge is 0.269 e. The van der Waals surface area contributed by atoms with Crippen molar-refractivity contribution < 1.29 is 19.6 Å². The molecule has 7 nitrogen and oxygen atoms in total. The van der Waals surface area contributed by atoms with Crippen molar-refractivity contribution in [2.75, 3.05) is 0 Å². The highest BCUT2D eigenvalue weighted by atomic mass is 32.2. The second kappa shape index (κ2) is 8.55. The lowest BCUT2D eigenvalue weighted by Gasteiger charge is -2.44. The number of thioether (sulfide) groups is 1. The Bertz CT molecular complexity index is 1150. The Morgan fingerprint density at radius 3 is 2.45 bits per heavy atom. The maximum Gasteiger partial charge on any atom is 0.269 e. The van der Waals surface area contributed by atoms with E-state index in [0.717, 1.165) is 23.3 Å². The van der Waals surface area contributed by atoms with Crippen LogP contribution in [-0.4, -0.2) is 37.4 Å². The van der Waals surface area contributed by atoms with E-state index in [0.29, 0.717) is 5.70 Å². The van der Waals surface area contributed by atoms with Gasteiger partial charge in [0.15, 0.2) is 0 Å². The van der Waals surface area contributed by atoms with Gasteiger partial charge in [-0.3, -0.25) is 19.8 Å². The molecule has 1 amide bonds. The fraction of sp³-hybridized carbons (Fsp3) is 0.333. The first-order valence-electron chi connectivity index (χ1n) is 10.7. The van der Waals surface area contributed by atoms with Crippen molar-refractivity contribution in [3.8, 4) is 0 Å². The second-order valence-corrected chi connectivity index (χ2v) is 10.1. The van der Waals surface area contributed by atoms with E-state index in [1.807, 2.05) is 12.1 Å². The van der Waals surface area contributed by atoms with Crippen LogP contribution in [0.3, 0.4) is 0 Å². The Morgan fingerprint density at radius 2 is 1.88 bits per heavy atom. The van der Waals surface area contributed by atoms with Gasteiger partial charge in [-0.2, -0.15) is 0 Å². The van der Waals surface area contributed by atoms with Crippen LogP contribution in [0.2, 0.25) is 0 Å². The fourth-order valence-corrected chi connectivity index (χ4v) is 6.82. The quantitative estimate of drug-likeness (QED) is 0.288. The molecule has 2 aromatic carbocycles. The van der Waals surface area contributed by atoms with E-state index in [-0.39, 0.29) is 34.5 Å². The molecule has 33 heavy (non-hydrogen) atoms. The van der Waals surface area contributed by atoms with Crippen LogP contribution in [0.15, 0.2) is 59.1 Å². The zero-order valence-corrected chi connectivity index (χ0v) is 19.5. The van der Waals surface area contributed by atoms with E-state index in [4.69, 9.17) is 17.0 Å². The molecule has 2 aromatic rings. The van der Waals surface area contributed by atoms with Gasteiger partial charge in [0.1, 0.15) is 17.7 Å². The Morgan fingerprint density at radius 1 is 1.24 bits per heavy atom. The van der Waals surface area contributed by atoms with Gasteiger partial charge in [-0.05, 0) is 60.8 Å². The minimum absolute atomic E-state index is 0.0116. The monoisotopic (exact) mass is 482 g/mol. The third-order valence-corrected chi connectivity index (χ3v) is 8.30. The van der Waals surface area contributed by atoms with Crippen molar-refractivity contribution in [3.63, 3.8) is 0 Å². The number of carbonyl (C=O) groups excluding carboxylic acids is 1. The zero-order valence-electron chi connectivity index (χ0n) is 17.8. The van der Waals surface area contributed by atoms with E-state index in [2.05, 4.69) is 12.1 Å². The molecule has 2 heterocycles. The zero-order chi connectivity index (χ0) is 23.3. The first-order chi connectivity index (χ1) is 15.8. The minimum atomic E-state index is -0.734. The second-order valence-electron chi connectivity index (χ2n) is 8.57. The number of hydrogen-bond acceptors (Lipinski definition) is 7. The SMILES string of the molecule is C[C@H](O)[C@@H]1C(=O)N2C(C(=S)OCc3ccc([N+](=O)[O-])cc3)=C(C3Cc4ccccc4C3)S[C@H]12. The van der Waals surface area contributed by atoms with Gasteiger partial charge >= 0.3 is 0 Å². The number of fused-ring (bicyclic) bond motifs is 2. The number of nitro benzene ring substituents is 1. The molecule has 3 aliphatic rings. The van der Waals surface area contributed by atoms with Gasteiger partial charge < -0.3 is 9.84 Å². The summed E-state index contributed by atoms with van der Waals surface area (Å²) in [6.45, 7) is 1.79. The van der Waals surface area contributed by atoms with Crippen molar-refractivity contribution in [1.29, 1.82) is 0 Å². The van der Waals surface area contributed by atoms with Crippen molar-refractivity contribution in [2.45, 2.75) is 37.9 Å². The number of hydrogen-bond donors (Lipinski definition) is 1.